The third-order valence-electron chi connectivity index (χ3n) is 3.13. The van der Waals surface area contributed by atoms with Gasteiger partial charge in [0.25, 0.3) is 17.3 Å². The number of anilines is 1. The van der Waals surface area contributed by atoms with Crippen molar-refractivity contribution >= 4 is 34.6 Å². The summed E-state index contributed by atoms with van der Waals surface area (Å²) in [6.45, 7) is 2.12. The molecule has 9 nitrogen and oxygen atoms in total. The fourth-order valence-electron chi connectivity index (χ4n) is 2.04. The van der Waals surface area contributed by atoms with Crippen molar-refractivity contribution in [3.8, 4) is 5.75 Å². The van der Waals surface area contributed by atoms with Gasteiger partial charge in [0.05, 0.1) is 33.8 Å². The lowest BCUT2D eigenvalue weighted by Gasteiger charge is -2.11. The second-order valence-electron chi connectivity index (χ2n) is 4.72. The Morgan fingerprint density at radius 2 is 1.88 bits per heavy atom. The maximum absolute atomic E-state index is 12.4. The molecule has 0 fully saturated rings. The molecule has 0 spiro atoms. The van der Waals surface area contributed by atoms with Crippen LogP contribution in [0.1, 0.15) is 17.3 Å². The maximum Gasteiger partial charge on any atom is 0.295 e. The number of nitro groups is 2. The molecule has 25 heavy (non-hydrogen) atoms. The molecule has 0 unspecified atom stereocenters. The molecule has 2 rings (SSSR count). The fourth-order valence-corrected chi connectivity index (χ4v) is 2.30. The Kier molecular flexibility index (Phi) is 5.50. The molecule has 0 bridgehead atoms. The van der Waals surface area contributed by atoms with E-state index in [2.05, 4.69) is 5.32 Å². The predicted molar refractivity (Wildman–Crippen MR) is 90.3 cm³/mol. The van der Waals surface area contributed by atoms with Crippen LogP contribution in [-0.2, 0) is 0 Å². The van der Waals surface area contributed by atoms with Crippen LogP contribution in [0.25, 0.3) is 0 Å². The smallest absolute Gasteiger partial charge is 0.295 e. The van der Waals surface area contributed by atoms with Gasteiger partial charge in [0.15, 0.2) is 0 Å². The fraction of sp³-hybridized carbons (Fsp3) is 0.133. The van der Waals surface area contributed by atoms with Crippen LogP contribution < -0.4 is 10.1 Å². The van der Waals surface area contributed by atoms with Crippen molar-refractivity contribution in [1.82, 2.24) is 0 Å². The monoisotopic (exact) mass is 365 g/mol. The molecule has 0 aliphatic heterocycles. The molecular formula is C15H12ClN3O6. The number of benzene rings is 2. The summed E-state index contributed by atoms with van der Waals surface area (Å²) in [5.41, 5.74) is -1.41. The van der Waals surface area contributed by atoms with Crippen LogP contribution in [0.4, 0.5) is 17.1 Å². The summed E-state index contributed by atoms with van der Waals surface area (Å²) >= 11 is 5.89. The van der Waals surface area contributed by atoms with Crippen LogP contribution >= 0.6 is 11.6 Å². The molecule has 0 aliphatic rings. The number of amides is 1. The van der Waals surface area contributed by atoms with Gasteiger partial charge in [-0.15, -0.1) is 0 Å². The van der Waals surface area contributed by atoms with E-state index in [4.69, 9.17) is 16.3 Å². The molecule has 0 atom stereocenters. The maximum atomic E-state index is 12.4. The zero-order chi connectivity index (χ0) is 18.6. The Morgan fingerprint density at radius 1 is 1.20 bits per heavy atom. The molecule has 0 radical (unpaired) electrons. The molecule has 1 amide bonds. The van der Waals surface area contributed by atoms with E-state index in [0.29, 0.717) is 24.1 Å². The van der Waals surface area contributed by atoms with E-state index in [0.717, 1.165) is 6.07 Å². The lowest BCUT2D eigenvalue weighted by molar-refractivity contribution is -0.394. The number of hydrogen-bond donors (Lipinski definition) is 1. The van der Waals surface area contributed by atoms with E-state index >= 15 is 0 Å². The third-order valence-corrected chi connectivity index (χ3v) is 3.52. The summed E-state index contributed by atoms with van der Waals surface area (Å²) in [5, 5.41) is 24.0. The zero-order valence-corrected chi connectivity index (χ0v) is 13.6. The van der Waals surface area contributed by atoms with Gasteiger partial charge in [-0.2, -0.15) is 0 Å². The van der Waals surface area contributed by atoms with E-state index in [1.54, 1.807) is 31.2 Å². The standard InChI is InChI=1S/C15H12ClN3O6/c1-2-25-13-6-4-3-5-11(13)17-15(20)10-7-9(18(21)22)8-12(14(10)16)19(23)24/h3-8H,2H2,1H3,(H,17,20). The Bertz CT molecular complexity index is 855. The van der Waals surface area contributed by atoms with Gasteiger partial charge < -0.3 is 10.1 Å². The first kappa shape index (κ1) is 18.1. The van der Waals surface area contributed by atoms with Crippen molar-refractivity contribution in [2.24, 2.45) is 0 Å². The average Bonchev–Trinajstić information content (AvgIpc) is 2.56. The largest absolute Gasteiger partial charge is 0.492 e. The lowest BCUT2D eigenvalue weighted by Crippen LogP contribution is -2.14. The quantitative estimate of drug-likeness (QED) is 0.613. The number of halogens is 1. The minimum atomic E-state index is -0.889. The highest BCUT2D eigenvalue weighted by Crippen LogP contribution is 2.34. The van der Waals surface area contributed by atoms with Gasteiger partial charge in [0.1, 0.15) is 10.8 Å². The summed E-state index contributed by atoms with van der Waals surface area (Å²) in [6.07, 6.45) is 0. The predicted octanol–water partition coefficient (Wildman–Crippen LogP) is 3.81. The Labute approximate surface area is 146 Å². The first-order valence-corrected chi connectivity index (χ1v) is 7.38. The Hall–Kier alpha value is -3.20. The van der Waals surface area contributed by atoms with Crippen molar-refractivity contribution < 1.29 is 19.4 Å². The van der Waals surface area contributed by atoms with Gasteiger partial charge in [0, 0.05) is 6.07 Å². The number of hydrogen-bond acceptors (Lipinski definition) is 6. The molecule has 10 heteroatoms. The number of carbonyl (C=O) groups excluding carboxylic acids is 1. The number of nitrogens with one attached hydrogen (secondary N) is 1. The second-order valence-corrected chi connectivity index (χ2v) is 5.10. The summed E-state index contributed by atoms with van der Waals surface area (Å²) in [4.78, 5) is 32.7. The minimum Gasteiger partial charge on any atom is -0.492 e. The van der Waals surface area contributed by atoms with Crippen LogP contribution in [0.2, 0.25) is 5.02 Å². The summed E-state index contributed by atoms with van der Waals surface area (Å²) in [6, 6.07) is 8.11. The molecular weight excluding hydrogens is 354 g/mol. The molecule has 0 saturated heterocycles. The highest BCUT2D eigenvalue weighted by Gasteiger charge is 2.26. The molecule has 2 aromatic rings. The van der Waals surface area contributed by atoms with Crippen molar-refractivity contribution in [3.63, 3.8) is 0 Å². The van der Waals surface area contributed by atoms with E-state index in [9.17, 15) is 25.0 Å². The second kappa shape index (κ2) is 7.58. The number of ether oxygens (including phenoxy) is 1. The van der Waals surface area contributed by atoms with Gasteiger partial charge >= 0.3 is 0 Å². The van der Waals surface area contributed by atoms with Crippen LogP contribution in [0, 0.1) is 20.2 Å². The topological polar surface area (TPSA) is 125 Å². The summed E-state index contributed by atoms with van der Waals surface area (Å²) in [7, 11) is 0. The number of non-ortho nitro benzene ring substituents is 1. The molecule has 0 aromatic heterocycles. The number of nitrogens with zero attached hydrogens (tertiary/aromatic N) is 2. The third kappa shape index (κ3) is 4.01. The number of carbonyl (C=O) groups is 1. The van der Waals surface area contributed by atoms with Gasteiger partial charge in [-0.05, 0) is 19.1 Å². The van der Waals surface area contributed by atoms with Crippen LogP contribution in [0.5, 0.6) is 5.75 Å². The average molecular weight is 366 g/mol. The van der Waals surface area contributed by atoms with Crippen LogP contribution in [0.3, 0.4) is 0 Å². The number of nitro benzene ring substituents is 2. The minimum absolute atomic E-state index is 0.305. The van der Waals surface area contributed by atoms with Crippen molar-refractivity contribution in [2.75, 3.05) is 11.9 Å². The Balaban J connectivity index is 2.46. The molecule has 1 N–H and O–H groups in total. The highest BCUT2D eigenvalue weighted by molar-refractivity contribution is 6.36. The van der Waals surface area contributed by atoms with E-state index in [1.165, 1.54) is 0 Å². The van der Waals surface area contributed by atoms with E-state index in [-0.39, 0.29) is 5.56 Å². The van der Waals surface area contributed by atoms with E-state index < -0.39 is 32.2 Å². The first-order chi connectivity index (χ1) is 11.8. The Morgan fingerprint density at radius 3 is 2.48 bits per heavy atom. The molecule has 0 heterocycles. The van der Waals surface area contributed by atoms with Crippen LogP contribution in [-0.4, -0.2) is 22.4 Å². The molecule has 2 aromatic carbocycles. The van der Waals surface area contributed by atoms with Crippen molar-refractivity contribution in [3.05, 3.63) is 67.2 Å². The van der Waals surface area contributed by atoms with Crippen molar-refractivity contribution in [2.45, 2.75) is 6.92 Å². The highest BCUT2D eigenvalue weighted by atomic mass is 35.5. The number of para-hydroxylation sites is 2. The summed E-state index contributed by atoms with van der Waals surface area (Å²) in [5.74, 6) is -0.446. The molecule has 130 valence electrons. The molecule has 0 aliphatic carbocycles. The van der Waals surface area contributed by atoms with Gasteiger partial charge in [-0.3, -0.25) is 25.0 Å². The van der Waals surface area contributed by atoms with Crippen molar-refractivity contribution in [1.29, 1.82) is 0 Å². The number of rotatable bonds is 6. The summed E-state index contributed by atoms with van der Waals surface area (Å²) < 4.78 is 5.36. The SMILES string of the molecule is CCOc1ccccc1NC(=O)c1cc([N+](=O)[O-])cc([N+](=O)[O-])c1Cl. The zero-order valence-electron chi connectivity index (χ0n) is 12.9. The normalized spacial score (nSPS) is 10.2. The van der Waals surface area contributed by atoms with Gasteiger partial charge in [0.2, 0.25) is 0 Å². The van der Waals surface area contributed by atoms with Gasteiger partial charge in [-0.1, -0.05) is 23.7 Å². The lowest BCUT2D eigenvalue weighted by atomic mass is 10.1. The molecule has 0 saturated carbocycles. The first-order valence-electron chi connectivity index (χ1n) is 7.00. The van der Waals surface area contributed by atoms with E-state index in [1.807, 2.05) is 0 Å². The van der Waals surface area contributed by atoms with Gasteiger partial charge in [-0.25, -0.2) is 0 Å². The van der Waals surface area contributed by atoms with Crippen LogP contribution in [0.15, 0.2) is 36.4 Å².